The third-order valence-corrected chi connectivity index (χ3v) is 8.85. The van der Waals surface area contributed by atoms with Gasteiger partial charge in [0.05, 0.1) is 40.8 Å². The van der Waals surface area contributed by atoms with E-state index in [0.29, 0.717) is 28.6 Å². The van der Waals surface area contributed by atoms with Crippen molar-refractivity contribution in [2.24, 2.45) is 0 Å². The maximum Gasteiger partial charge on any atom is 0.387 e. The molecule has 228 valence electrons. The fraction of sp³-hybridized carbons (Fsp3) is 0.179. The van der Waals surface area contributed by atoms with Crippen LogP contribution >= 0.6 is 0 Å². The normalized spacial score (nSPS) is 14.5. The van der Waals surface area contributed by atoms with Crippen molar-refractivity contribution >= 4 is 38.2 Å². The number of nitrogens with two attached hydrogens (primary N) is 1. The molecule has 16 heteroatoms. The second-order valence-corrected chi connectivity index (χ2v) is 11.9. The van der Waals surface area contributed by atoms with Crippen LogP contribution in [0.3, 0.4) is 0 Å². The minimum atomic E-state index is -3.72. The molecule has 4 heterocycles. The van der Waals surface area contributed by atoms with Gasteiger partial charge in [0.15, 0.2) is 17.4 Å². The average molecular weight is 631 g/mol. The molecule has 0 atom stereocenters. The van der Waals surface area contributed by atoms with E-state index in [9.17, 15) is 30.8 Å². The molecular weight excluding hydrogens is 608 g/mol. The highest BCUT2D eigenvalue weighted by atomic mass is 32.2. The van der Waals surface area contributed by atoms with Crippen molar-refractivity contribution in [3.05, 3.63) is 83.3 Å². The number of hydrogen-bond acceptors (Lipinski definition) is 8. The van der Waals surface area contributed by atoms with E-state index in [0.717, 1.165) is 16.4 Å². The summed E-state index contributed by atoms with van der Waals surface area (Å²) >= 11 is 0. The van der Waals surface area contributed by atoms with Crippen molar-refractivity contribution in [1.82, 2.24) is 19.7 Å². The SMILES string of the molecule is Cc1cc(Oc2c(F)cccc2F)ncc1-n1ncc(C(=O)c2cc3cc(OC(F)F)c(N4CCCS4(=O)=O)cc3[nH]2)c1N. The summed E-state index contributed by atoms with van der Waals surface area (Å²) in [7, 11) is -3.72. The molecule has 0 aliphatic carbocycles. The first-order valence-electron chi connectivity index (χ1n) is 13.0. The standard InChI is InChI=1S/C28H22F4N6O5S/c1-14-8-24(43-26-17(29)4-2-5-18(26)30)34-13-22(14)38-27(33)16(12-35-38)25(39)20-9-15-10-23(42-28(31)32)21(11-19(15)36-20)37-6-3-7-44(37,40)41/h2,4-5,8-13,28,36H,3,6-7,33H2,1H3. The Hall–Kier alpha value is -5.12. The van der Waals surface area contributed by atoms with Gasteiger partial charge in [-0.25, -0.2) is 26.9 Å². The number of para-hydroxylation sites is 1. The number of nitrogens with one attached hydrogen (secondary N) is 1. The number of nitrogen functional groups attached to an aromatic ring is 1. The van der Waals surface area contributed by atoms with Gasteiger partial charge in [0.25, 0.3) is 0 Å². The molecule has 11 nitrogen and oxygen atoms in total. The Morgan fingerprint density at radius 2 is 1.84 bits per heavy atom. The molecule has 0 spiro atoms. The summed E-state index contributed by atoms with van der Waals surface area (Å²) in [4.78, 5) is 20.4. The van der Waals surface area contributed by atoms with Gasteiger partial charge in [0.1, 0.15) is 5.82 Å². The number of carbonyl (C=O) groups excluding carboxylic acids is 1. The summed E-state index contributed by atoms with van der Waals surface area (Å²) in [5.74, 6) is -3.64. The first-order chi connectivity index (χ1) is 20.9. The molecule has 0 saturated carbocycles. The van der Waals surface area contributed by atoms with Crippen molar-refractivity contribution in [3.63, 3.8) is 0 Å². The van der Waals surface area contributed by atoms with Crippen molar-refractivity contribution in [3.8, 4) is 23.1 Å². The number of aromatic amines is 1. The Morgan fingerprint density at radius 1 is 1.09 bits per heavy atom. The number of ether oxygens (including phenoxy) is 2. The molecule has 0 radical (unpaired) electrons. The maximum atomic E-state index is 14.0. The van der Waals surface area contributed by atoms with Crippen LogP contribution < -0.4 is 19.5 Å². The van der Waals surface area contributed by atoms with Gasteiger partial charge in [-0.05, 0) is 49.2 Å². The molecule has 0 amide bonds. The number of rotatable bonds is 8. The lowest BCUT2D eigenvalue weighted by molar-refractivity contribution is -0.0493. The van der Waals surface area contributed by atoms with E-state index >= 15 is 0 Å². The highest BCUT2D eigenvalue weighted by molar-refractivity contribution is 7.93. The van der Waals surface area contributed by atoms with E-state index in [2.05, 4.69) is 19.8 Å². The molecule has 6 rings (SSSR count). The number of carbonyl (C=O) groups is 1. The number of nitrogens with zero attached hydrogens (tertiary/aromatic N) is 4. The van der Waals surface area contributed by atoms with Gasteiger partial charge >= 0.3 is 6.61 Å². The topological polar surface area (TPSA) is 145 Å². The largest absolute Gasteiger partial charge is 0.433 e. The van der Waals surface area contributed by atoms with Crippen LogP contribution in [0.1, 0.15) is 28.0 Å². The molecule has 1 fully saturated rings. The number of sulfonamides is 1. The van der Waals surface area contributed by atoms with E-state index in [4.69, 9.17) is 10.5 Å². The highest BCUT2D eigenvalue weighted by Gasteiger charge is 2.32. The van der Waals surface area contributed by atoms with Gasteiger partial charge in [-0.2, -0.15) is 13.9 Å². The molecule has 0 bridgehead atoms. The summed E-state index contributed by atoms with van der Waals surface area (Å²) in [6.45, 7) is -1.46. The van der Waals surface area contributed by atoms with Gasteiger partial charge in [-0.3, -0.25) is 9.10 Å². The third kappa shape index (κ3) is 5.16. The van der Waals surface area contributed by atoms with Crippen LogP contribution in [0.15, 0.2) is 54.9 Å². The highest BCUT2D eigenvalue weighted by Crippen LogP contribution is 2.38. The van der Waals surface area contributed by atoms with Gasteiger partial charge in [-0.15, -0.1) is 0 Å². The van der Waals surface area contributed by atoms with Gasteiger partial charge in [0.2, 0.25) is 27.4 Å². The van der Waals surface area contributed by atoms with Crippen LogP contribution in [0, 0.1) is 18.6 Å². The lowest BCUT2D eigenvalue weighted by Gasteiger charge is -2.20. The van der Waals surface area contributed by atoms with E-state index < -0.39 is 39.8 Å². The number of aryl methyl sites for hydroxylation is 1. The summed E-state index contributed by atoms with van der Waals surface area (Å²) in [5, 5.41) is 4.51. The number of H-pyrrole nitrogens is 1. The lowest BCUT2D eigenvalue weighted by atomic mass is 10.1. The molecule has 1 aliphatic rings. The average Bonchev–Trinajstić information content (AvgIpc) is 3.65. The van der Waals surface area contributed by atoms with Gasteiger partial charge < -0.3 is 20.2 Å². The number of hydrogen-bond donors (Lipinski definition) is 2. The molecule has 44 heavy (non-hydrogen) atoms. The first-order valence-corrected chi connectivity index (χ1v) is 14.6. The van der Waals surface area contributed by atoms with E-state index in [1.807, 2.05) is 0 Å². The van der Waals surface area contributed by atoms with Crippen LogP contribution in [0.5, 0.6) is 17.4 Å². The van der Waals surface area contributed by atoms with Crippen LogP contribution in [0.4, 0.5) is 29.1 Å². The van der Waals surface area contributed by atoms with Crippen LogP contribution in [0.25, 0.3) is 16.6 Å². The van der Waals surface area contributed by atoms with Crippen LogP contribution in [0.2, 0.25) is 0 Å². The lowest BCUT2D eigenvalue weighted by Crippen LogP contribution is -2.26. The van der Waals surface area contributed by atoms with Crippen molar-refractivity contribution in [1.29, 1.82) is 0 Å². The molecule has 2 aromatic carbocycles. The molecule has 3 N–H and O–H groups in total. The molecule has 5 aromatic rings. The second kappa shape index (κ2) is 10.9. The maximum absolute atomic E-state index is 14.0. The van der Waals surface area contributed by atoms with E-state index in [-0.39, 0.29) is 46.7 Å². The Bertz CT molecular complexity index is 2030. The van der Waals surface area contributed by atoms with Crippen molar-refractivity contribution in [2.75, 3.05) is 22.3 Å². The zero-order chi connectivity index (χ0) is 31.3. The summed E-state index contributed by atoms with van der Waals surface area (Å²) in [6, 6.07) is 8.67. The summed E-state index contributed by atoms with van der Waals surface area (Å²) in [5.41, 5.74) is 7.40. The Labute approximate surface area is 246 Å². The van der Waals surface area contributed by atoms with Crippen molar-refractivity contribution < 1.29 is 40.2 Å². The quantitative estimate of drug-likeness (QED) is 0.178. The smallest absolute Gasteiger partial charge is 0.387 e. The predicted octanol–water partition coefficient (Wildman–Crippen LogP) is 5.08. The minimum Gasteiger partial charge on any atom is -0.433 e. The third-order valence-electron chi connectivity index (χ3n) is 6.99. The molecule has 3 aromatic heterocycles. The Morgan fingerprint density at radius 3 is 2.50 bits per heavy atom. The zero-order valence-electron chi connectivity index (χ0n) is 22.7. The number of fused-ring (bicyclic) bond motifs is 1. The zero-order valence-corrected chi connectivity index (χ0v) is 23.5. The Balaban J connectivity index is 1.31. The fourth-order valence-corrected chi connectivity index (χ4v) is 6.49. The number of pyridine rings is 1. The number of anilines is 2. The minimum absolute atomic E-state index is 0.00360. The summed E-state index contributed by atoms with van der Waals surface area (Å²) in [6.07, 6.45) is 2.86. The number of aromatic nitrogens is 4. The molecule has 1 saturated heterocycles. The van der Waals surface area contributed by atoms with E-state index in [1.54, 1.807) is 6.92 Å². The Kier molecular flexibility index (Phi) is 7.15. The van der Waals surface area contributed by atoms with Crippen LogP contribution in [-0.4, -0.2) is 52.9 Å². The molecule has 0 unspecified atom stereocenters. The number of benzene rings is 2. The fourth-order valence-electron chi connectivity index (χ4n) is 4.92. The molecular formula is C28H22F4N6O5S. The van der Waals surface area contributed by atoms with Gasteiger partial charge in [-0.1, -0.05) is 6.07 Å². The molecule has 1 aliphatic heterocycles. The number of ketones is 1. The van der Waals surface area contributed by atoms with Crippen molar-refractivity contribution in [2.45, 2.75) is 20.0 Å². The number of halogens is 4. The summed E-state index contributed by atoms with van der Waals surface area (Å²) < 4.78 is 91.5. The van der Waals surface area contributed by atoms with E-state index in [1.165, 1.54) is 47.4 Å². The second-order valence-electron chi connectivity index (χ2n) is 9.86. The monoisotopic (exact) mass is 630 g/mol. The van der Waals surface area contributed by atoms with Gasteiger partial charge in [0, 0.05) is 23.5 Å². The predicted molar refractivity (Wildman–Crippen MR) is 151 cm³/mol. The van der Waals surface area contributed by atoms with Crippen LogP contribution in [-0.2, 0) is 10.0 Å². The number of alkyl halides is 2. The first kappa shape index (κ1) is 29.0.